The van der Waals surface area contributed by atoms with E-state index >= 15 is 0 Å². The second-order valence-electron chi connectivity index (χ2n) is 12.9. The Kier molecular flexibility index (Phi) is 13.9. The van der Waals surface area contributed by atoms with Crippen LogP contribution in [0.15, 0.2) is 55.5 Å². The first-order valence-electron chi connectivity index (χ1n) is 15.1. The second-order valence-corrected chi connectivity index (χ2v) is 12.9. The van der Waals surface area contributed by atoms with Gasteiger partial charge in [-0.25, -0.2) is 9.78 Å². The number of aliphatic hydroxyl groups is 1. The number of amides is 3. The van der Waals surface area contributed by atoms with Crippen LogP contribution in [-0.2, 0) is 27.2 Å². The number of nitrogens with one attached hydrogen (secondary N) is 4. The van der Waals surface area contributed by atoms with E-state index in [0.29, 0.717) is 18.5 Å². The minimum atomic E-state index is -1.01. The molecule has 0 spiro atoms. The number of carbonyl (C=O) groups excluding carboxylic acids is 3. The molecular weight excluding hydrogens is 546 g/mol. The summed E-state index contributed by atoms with van der Waals surface area (Å²) < 4.78 is 5.41. The zero-order valence-corrected chi connectivity index (χ0v) is 26.7. The maximum absolute atomic E-state index is 13.8. The Morgan fingerprint density at radius 2 is 1.60 bits per heavy atom. The molecule has 2 rings (SSSR count). The molecule has 43 heavy (non-hydrogen) atoms. The number of allylic oxidation sites excluding steroid dienone is 1. The van der Waals surface area contributed by atoms with Crippen molar-refractivity contribution in [2.45, 2.75) is 104 Å². The molecule has 238 valence electrons. The van der Waals surface area contributed by atoms with E-state index in [0.717, 1.165) is 5.56 Å². The van der Waals surface area contributed by atoms with Gasteiger partial charge in [-0.15, -0.1) is 6.58 Å². The van der Waals surface area contributed by atoms with Crippen molar-refractivity contribution in [3.05, 3.63) is 66.8 Å². The average molecular weight is 598 g/mol. The third-order valence-corrected chi connectivity index (χ3v) is 7.09. The van der Waals surface area contributed by atoms with Gasteiger partial charge < -0.3 is 30.8 Å². The fourth-order valence-corrected chi connectivity index (χ4v) is 4.79. The van der Waals surface area contributed by atoms with E-state index in [1.165, 1.54) is 6.33 Å². The molecule has 0 aliphatic rings. The van der Waals surface area contributed by atoms with Crippen molar-refractivity contribution >= 4 is 17.9 Å². The van der Waals surface area contributed by atoms with E-state index in [1.54, 1.807) is 27.0 Å². The van der Waals surface area contributed by atoms with Gasteiger partial charge in [0.25, 0.3) is 0 Å². The first-order chi connectivity index (χ1) is 20.2. The van der Waals surface area contributed by atoms with Crippen LogP contribution in [0.5, 0.6) is 0 Å². The van der Waals surface area contributed by atoms with Crippen LogP contribution in [0.4, 0.5) is 4.79 Å². The van der Waals surface area contributed by atoms with Crippen molar-refractivity contribution in [1.29, 1.82) is 0 Å². The van der Waals surface area contributed by atoms with E-state index in [2.05, 4.69) is 46.3 Å². The summed E-state index contributed by atoms with van der Waals surface area (Å²) in [5.74, 6) is -0.409. The maximum Gasteiger partial charge on any atom is 0.408 e. The number of imidazole rings is 1. The van der Waals surface area contributed by atoms with Crippen molar-refractivity contribution < 1.29 is 24.2 Å². The summed E-state index contributed by atoms with van der Waals surface area (Å²) in [4.78, 5) is 47.2. The van der Waals surface area contributed by atoms with Crippen LogP contribution in [0.2, 0.25) is 0 Å². The van der Waals surface area contributed by atoms with Gasteiger partial charge in [-0.1, -0.05) is 64.1 Å². The molecule has 0 unspecified atom stereocenters. The maximum atomic E-state index is 13.8. The molecule has 1 heterocycles. The van der Waals surface area contributed by atoms with E-state index < -0.39 is 47.7 Å². The highest BCUT2D eigenvalue weighted by Gasteiger charge is 2.32. The summed E-state index contributed by atoms with van der Waals surface area (Å²) in [6.45, 7) is 17.3. The van der Waals surface area contributed by atoms with Crippen LogP contribution in [0.25, 0.3) is 0 Å². The number of H-pyrrole nitrogens is 1. The fourth-order valence-electron chi connectivity index (χ4n) is 4.79. The molecule has 0 fully saturated rings. The number of aromatic amines is 1. The van der Waals surface area contributed by atoms with Gasteiger partial charge >= 0.3 is 6.09 Å². The Balaban J connectivity index is 2.30. The molecule has 5 N–H and O–H groups in total. The summed E-state index contributed by atoms with van der Waals surface area (Å²) in [7, 11) is 0. The number of hydrogen-bond acceptors (Lipinski definition) is 6. The second kappa shape index (κ2) is 16.8. The Morgan fingerprint density at radius 1 is 0.977 bits per heavy atom. The largest absolute Gasteiger partial charge is 0.444 e. The Morgan fingerprint density at radius 3 is 2.14 bits per heavy atom. The number of aromatic nitrogens is 2. The van der Waals surface area contributed by atoms with Gasteiger partial charge in [0.2, 0.25) is 11.8 Å². The number of nitrogens with zero attached hydrogens (tertiary/aromatic N) is 1. The zero-order valence-electron chi connectivity index (χ0n) is 26.7. The Labute approximate surface area is 256 Å². The SMILES string of the molecule is C=C[C@@H](C[C@H](O)[C@H](CC(C)C)NC(=O)[C@H](Cc1cnc[nH]1)NC(=O)[C@H](Cc1ccccc1)NC(=O)OC(C)(C)C)C(C)C. The van der Waals surface area contributed by atoms with Crippen molar-refractivity contribution in [2.24, 2.45) is 17.8 Å². The smallest absolute Gasteiger partial charge is 0.408 e. The van der Waals surface area contributed by atoms with Crippen LogP contribution in [0, 0.1) is 17.8 Å². The van der Waals surface area contributed by atoms with Crippen LogP contribution in [-0.4, -0.2) is 62.8 Å². The molecular formula is C33H51N5O5. The van der Waals surface area contributed by atoms with Crippen molar-refractivity contribution in [1.82, 2.24) is 25.9 Å². The van der Waals surface area contributed by atoms with E-state index in [-0.39, 0.29) is 30.6 Å². The van der Waals surface area contributed by atoms with Gasteiger partial charge in [0, 0.05) is 24.7 Å². The standard InChI is InChI=1S/C33H51N5O5/c1-9-24(22(4)5)17-29(39)26(15-21(2)3)36-31(41)28(18-25-19-34-20-35-25)37-30(40)27(16-23-13-11-10-12-14-23)38-32(42)43-33(6,7)8/h9-14,19-22,24,26-29,39H,1,15-18H2,2-8H3,(H,34,35)(H,36,41)(H,37,40)(H,38,42)/t24-,26-,27-,28-,29-/m0/s1. The minimum Gasteiger partial charge on any atom is -0.444 e. The molecule has 0 aliphatic carbocycles. The highest BCUT2D eigenvalue weighted by Crippen LogP contribution is 2.22. The average Bonchev–Trinajstić information content (AvgIpc) is 3.42. The molecule has 1 aromatic heterocycles. The fraction of sp³-hybridized carbons (Fsp3) is 0.576. The zero-order chi connectivity index (χ0) is 32.2. The molecule has 0 radical (unpaired) electrons. The van der Waals surface area contributed by atoms with Crippen LogP contribution in [0.3, 0.4) is 0 Å². The molecule has 0 saturated heterocycles. The normalized spacial score (nSPS) is 15.2. The van der Waals surface area contributed by atoms with Gasteiger partial charge in [0.05, 0.1) is 18.5 Å². The minimum absolute atomic E-state index is 0.0831. The number of carbonyl (C=O) groups is 3. The lowest BCUT2D eigenvalue weighted by Gasteiger charge is -2.31. The van der Waals surface area contributed by atoms with Gasteiger partial charge in [-0.3, -0.25) is 9.59 Å². The first-order valence-corrected chi connectivity index (χ1v) is 15.1. The molecule has 1 aromatic carbocycles. The highest BCUT2D eigenvalue weighted by molar-refractivity contribution is 5.91. The summed E-state index contributed by atoms with van der Waals surface area (Å²) in [6, 6.07) is 6.74. The monoisotopic (exact) mass is 597 g/mol. The molecule has 0 aliphatic heterocycles. The third-order valence-electron chi connectivity index (χ3n) is 7.09. The van der Waals surface area contributed by atoms with E-state index in [9.17, 15) is 19.5 Å². The quantitative estimate of drug-likeness (QED) is 0.182. The van der Waals surface area contributed by atoms with Gasteiger partial charge in [-0.05, 0) is 56.9 Å². The molecule has 0 bridgehead atoms. The first kappa shape index (κ1) is 35.5. The predicted molar refractivity (Wildman–Crippen MR) is 168 cm³/mol. The number of benzene rings is 1. The molecule has 5 atom stereocenters. The molecule has 0 saturated carbocycles. The summed E-state index contributed by atoms with van der Waals surface area (Å²) in [5, 5.41) is 19.7. The molecule has 10 heteroatoms. The lowest BCUT2D eigenvalue weighted by atomic mass is 9.86. The third kappa shape index (κ3) is 13.0. The van der Waals surface area contributed by atoms with Gasteiger partial charge in [0.15, 0.2) is 0 Å². The summed E-state index contributed by atoms with van der Waals surface area (Å²) in [5.41, 5.74) is 0.718. The lowest BCUT2D eigenvalue weighted by Crippen LogP contribution is -2.57. The topological polar surface area (TPSA) is 145 Å². The lowest BCUT2D eigenvalue weighted by molar-refractivity contribution is -0.131. The molecule has 3 amide bonds. The number of ether oxygens (including phenoxy) is 1. The Bertz CT molecular complexity index is 1140. The molecule has 2 aromatic rings. The molecule has 10 nitrogen and oxygen atoms in total. The number of aliphatic hydroxyl groups excluding tert-OH is 1. The summed E-state index contributed by atoms with van der Waals surface area (Å²) in [6.07, 6.45) is 4.72. The van der Waals surface area contributed by atoms with E-state index in [4.69, 9.17) is 4.74 Å². The van der Waals surface area contributed by atoms with Crippen LogP contribution >= 0.6 is 0 Å². The van der Waals surface area contributed by atoms with Crippen LogP contribution < -0.4 is 16.0 Å². The highest BCUT2D eigenvalue weighted by atomic mass is 16.6. The Hall–Kier alpha value is -3.66. The summed E-state index contributed by atoms with van der Waals surface area (Å²) >= 11 is 0. The van der Waals surface area contributed by atoms with Crippen LogP contribution in [0.1, 0.15) is 72.6 Å². The number of hydrogen-bond donors (Lipinski definition) is 5. The van der Waals surface area contributed by atoms with E-state index in [1.807, 2.05) is 50.3 Å². The van der Waals surface area contributed by atoms with Crippen molar-refractivity contribution in [3.63, 3.8) is 0 Å². The van der Waals surface area contributed by atoms with Crippen molar-refractivity contribution in [3.8, 4) is 0 Å². The van der Waals surface area contributed by atoms with Gasteiger partial charge in [0.1, 0.15) is 17.7 Å². The van der Waals surface area contributed by atoms with Gasteiger partial charge in [-0.2, -0.15) is 0 Å². The van der Waals surface area contributed by atoms with Crippen molar-refractivity contribution in [2.75, 3.05) is 0 Å². The number of rotatable bonds is 16. The predicted octanol–water partition coefficient (Wildman–Crippen LogP) is 4.31. The number of alkyl carbamates (subject to hydrolysis) is 1.